The lowest BCUT2D eigenvalue weighted by atomic mass is 10.1. The molecule has 0 fully saturated rings. The third kappa shape index (κ3) is 2.99. The number of furan rings is 2. The summed E-state index contributed by atoms with van der Waals surface area (Å²) in [5.74, 6) is 0. The first-order valence-electron chi connectivity index (χ1n) is 11.0. The Morgan fingerprint density at radius 3 is 1.36 bits per heavy atom. The molecule has 5 aromatic carbocycles. The van der Waals surface area contributed by atoms with Crippen molar-refractivity contribution >= 4 is 67.7 Å². The summed E-state index contributed by atoms with van der Waals surface area (Å²) in [6.07, 6.45) is 0. The predicted molar refractivity (Wildman–Crippen MR) is 140 cm³/mol. The number of rotatable bonds is 3. The Hall–Kier alpha value is -3.87. The molecule has 2 aromatic heterocycles. The Morgan fingerprint density at radius 1 is 0.364 bits per heavy atom. The monoisotopic (exact) mass is 442 g/mol. The fourth-order valence-corrected chi connectivity index (χ4v) is 7.06. The van der Waals surface area contributed by atoms with Crippen LogP contribution in [0.25, 0.3) is 43.9 Å². The fourth-order valence-electron chi connectivity index (χ4n) is 4.73. The smallest absolute Gasteiger partial charge is 0.135 e. The van der Waals surface area contributed by atoms with E-state index < -0.39 is 7.92 Å². The summed E-state index contributed by atoms with van der Waals surface area (Å²) in [5.41, 5.74) is 3.72. The first kappa shape index (κ1) is 18.7. The molecule has 33 heavy (non-hydrogen) atoms. The van der Waals surface area contributed by atoms with Crippen molar-refractivity contribution in [3.63, 3.8) is 0 Å². The van der Waals surface area contributed by atoms with Crippen molar-refractivity contribution in [2.75, 3.05) is 0 Å². The van der Waals surface area contributed by atoms with Gasteiger partial charge >= 0.3 is 0 Å². The molecule has 156 valence electrons. The van der Waals surface area contributed by atoms with Crippen molar-refractivity contribution in [2.24, 2.45) is 0 Å². The molecular formula is C30H19O2P. The van der Waals surface area contributed by atoms with Crippen molar-refractivity contribution in [3.8, 4) is 0 Å². The first-order chi connectivity index (χ1) is 16.3. The van der Waals surface area contributed by atoms with Gasteiger partial charge in [0.2, 0.25) is 0 Å². The first-order valence-corrected chi connectivity index (χ1v) is 12.4. The van der Waals surface area contributed by atoms with E-state index in [-0.39, 0.29) is 0 Å². The van der Waals surface area contributed by atoms with Gasteiger partial charge in [0.25, 0.3) is 0 Å². The normalized spacial score (nSPS) is 11.9. The lowest BCUT2D eigenvalue weighted by Gasteiger charge is -2.19. The van der Waals surface area contributed by atoms with E-state index >= 15 is 0 Å². The predicted octanol–water partition coefficient (Wildman–Crippen LogP) is 7.24. The molecule has 2 nitrogen and oxygen atoms in total. The van der Waals surface area contributed by atoms with Gasteiger partial charge in [-0.25, -0.2) is 0 Å². The molecule has 0 saturated carbocycles. The maximum absolute atomic E-state index is 6.09. The molecule has 0 N–H and O–H groups in total. The lowest BCUT2D eigenvalue weighted by molar-refractivity contribution is 0.668. The van der Waals surface area contributed by atoms with Crippen LogP contribution in [0.3, 0.4) is 0 Å². The van der Waals surface area contributed by atoms with Gasteiger partial charge in [0.1, 0.15) is 22.3 Å². The summed E-state index contributed by atoms with van der Waals surface area (Å²) in [5, 5.41) is 8.60. The van der Waals surface area contributed by atoms with E-state index in [2.05, 4.69) is 91.0 Å². The van der Waals surface area contributed by atoms with Gasteiger partial charge in [-0.2, -0.15) is 0 Å². The molecule has 0 unspecified atom stereocenters. The van der Waals surface area contributed by atoms with Gasteiger partial charge < -0.3 is 8.83 Å². The van der Waals surface area contributed by atoms with Crippen LogP contribution in [0.1, 0.15) is 0 Å². The SMILES string of the molecule is c1ccc(P(c2ccc3oc4ccccc4c3c2)c2ccc3oc4ccccc4c3c2)cc1. The van der Waals surface area contributed by atoms with Crippen molar-refractivity contribution in [3.05, 3.63) is 115 Å². The van der Waals surface area contributed by atoms with Gasteiger partial charge in [0.05, 0.1) is 0 Å². The highest BCUT2D eigenvalue weighted by atomic mass is 31.1. The van der Waals surface area contributed by atoms with Crippen molar-refractivity contribution in [1.82, 2.24) is 0 Å². The molecule has 0 atom stereocenters. The summed E-state index contributed by atoms with van der Waals surface area (Å²) in [4.78, 5) is 0. The average molecular weight is 442 g/mol. The molecule has 2 heterocycles. The molecule has 0 saturated heterocycles. The maximum Gasteiger partial charge on any atom is 0.135 e. The molecule has 7 rings (SSSR count). The fraction of sp³-hybridized carbons (Fsp3) is 0. The van der Waals surface area contributed by atoms with E-state index in [0.29, 0.717) is 0 Å². The van der Waals surface area contributed by atoms with E-state index in [1.807, 2.05) is 24.3 Å². The maximum atomic E-state index is 6.09. The van der Waals surface area contributed by atoms with Crippen LogP contribution in [-0.2, 0) is 0 Å². The second kappa shape index (κ2) is 7.33. The van der Waals surface area contributed by atoms with E-state index in [4.69, 9.17) is 8.83 Å². The van der Waals surface area contributed by atoms with E-state index in [1.54, 1.807) is 0 Å². The molecule has 0 aliphatic carbocycles. The zero-order chi connectivity index (χ0) is 21.8. The van der Waals surface area contributed by atoms with Gasteiger partial charge in [0.15, 0.2) is 0 Å². The summed E-state index contributed by atoms with van der Waals surface area (Å²) >= 11 is 0. The molecular weight excluding hydrogens is 423 g/mol. The van der Waals surface area contributed by atoms with Gasteiger partial charge in [-0.1, -0.05) is 78.9 Å². The van der Waals surface area contributed by atoms with Crippen LogP contribution in [0.5, 0.6) is 0 Å². The number of hydrogen-bond donors (Lipinski definition) is 0. The Morgan fingerprint density at radius 2 is 0.818 bits per heavy atom. The quantitative estimate of drug-likeness (QED) is 0.270. The van der Waals surface area contributed by atoms with Gasteiger partial charge in [0, 0.05) is 21.5 Å². The van der Waals surface area contributed by atoms with Crippen molar-refractivity contribution in [2.45, 2.75) is 0 Å². The highest BCUT2D eigenvalue weighted by molar-refractivity contribution is 7.79. The summed E-state index contributed by atoms with van der Waals surface area (Å²) in [7, 11) is -0.749. The summed E-state index contributed by atoms with van der Waals surface area (Å²) in [6.45, 7) is 0. The second-order valence-electron chi connectivity index (χ2n) is 8.23. The van der Waals surface area contributed by atoms with Crippen molar-refractivity contribution < 1.29 is 8.83 Å². The van der Waals surface area contributed by atoms with Crippen LogP contribution >= 0.6 is 7.92 Å². The minimum atomic E-state index is -0.749. The zero-order valence-corrected chi connectivity index (χ0v) is 18.6. The van der Waals surface area contributed by atoms with Crippen LogP contribution in [0.4, 0.5) is 0 Å². The highest BCUT2D eigenvalue weighted by Gasteiger charge is 2.20. The lowest BCUT2D eigenvalue weighted by Crippen LogP contribution is -2.20. The average Bonchev–Trinajstić information content (AvgIpc) is 3.43. The minimum Gasteiger partial charge on any atom is -0.456 e. The van der Waals surface area contributed by atoms with Crippen LogP contribution < -0.4 is 15.9 Å². The number of benzene rings is 5. The van der Waals surface area contributed by atoms with E-state index in [9.17, 15) is 0 Å². The Kier molecular flexibility index (Phi) is 4.15. The van der Waals surface area contributed by atoms with Gasteiger partial charge in [-0.15, -0.1) is 0 Å². The number of hydrogen-bond acceptors (Lipinski definition) is 2. The molecule has 3 heteroatoms. The van der Waals surface area contributed by atoms with Crippen LogP contribution in [0.2, 0.25) is 0 Å². The molecule has 0 aliphatic rings. The molecule has 0 radical (unpaired) electrons. The van der Waals surface area contributed by atoms with Crippen molar-refractivity contribution in [1.29, 1.82) is 0 Å². The topological polar surface area (TPSA) is 26.3 Å². The Labute approximate surface area is 191 Å². The summed E-state index contributed by atoms with van der Waals surface area (Å²) in [6, 6.07) is 40.7. The molecule has 0 amide bonds. The zero-order valence-electron chi connectivity index (χ0n) is 17.7. The third-order valence-corrected chi connectivity index (χ3v) is 8.66. The second-order valence-corrected chi connectivity index (χ2v) is 10.4. The van der Waals surface area contributed by atoms with Crippen LogP contribution in [-0.4, -0.2) is 0 Å². The largest absolute Gasteiger partial charge is 0.456 e. The highest BCUT2D eigenvalue weighted by Crippen LogP contribution is 2.38. The van der Waals surface area contributed by atoms with E-state index in [0.717, 1.165) is 33.1 Å². The molecule has 0 aliphatic heterocycles. The minimum absolute atomic E-state index is 0.749. The molecule has 0 spiro atoms. The number of fused-ring (bicyclic) bond motifs is 6. The third-order valence-electron chi connectivity index (χ3n) is 6.25. The Balaban J connectivity index is 1.48. The number of para-hydroxylation sites is 2. The van der Waals surface area contributed by atoms with Crippen LogP contribution in [0, 0.1) is 0 Å². The van der Waals surface area contributed by atoms with E-state index in [1.165, 1.54) is 26.7 Å². The Bertz CT molecular complexity index is 1660. The summed E-state index contributed by atoms with van der Waals surface area (Å²) < 4.78 is 12.2. The van der Waals surface area contributed by atoms with Gasteiger partial charge in [-0.3, -0.25) is 0 Å². The van der Waals surface area contributed by atoms with Gasteiger partial charge in [-0.05, 0) is 60.2 Å². The molecule has 0 bridgehead atoms. The molecule has 7 aromatic rings. The standard InChI is InChI=1S/C30H19O2P/c1-2-8-20(9-3-1)33(21-14-16-29-25(18-21)23-10-4-6-12-27(23)31-29)22-15-17-30-26(19-22)24-11-5-7-13-28(24)32-30/h1-19H. The van der Waals surface area contributed by atoms with Crippen LogP contribution in [0.15, 0.2) is 124 Å².